The van der Waals surface area contributed by atoms with Crippen LogP contribution >= 0.6 is 0 Å². The van der Waals surface area contributed by atoms with Crippen LogP contribution in [0.3, 0.4) is 0 Å². The van der Waals surface area contributed by atoms with Crippen LogP contribution in [-0.2, 0) is 4.79 Å². The second-order valence-electron chi connectivity index (χ2n) is 4.37. The number of carbonyl (C=O) groups excluding carboxylic acids is 1. The fourth-order valence-electron chi connectivity index (χ4n) is 1.79. The smallest absolute Gasteiger partial charge is 0.333 e. The first kappa shape index (κ1) is 16.7. The minimum absolute atomic E-state index is 0.0760. The van der Waals surface area contributed by atoms with Gasteiger partial charge in [-0.15, -0.1) is 0 Å². The number of rotatable bonds is 9. The minimum Gasteiger partial charge on any atom is -0.487 e. The Bertz CT molecular complexity index is 491. The quantitative estimate of drug-likeness (QED) is 0.538. The fraction of sp³-hybridized carbons (Fsp3) is 0.500. The maximum absolute atomic E-state index is 11.5. The summed E-state index contributed by atoms with van der Waals surface area (Å²) in [4.78, 5) is 22.2. The largest absolute Gasteiger partial charge is 0.487 e. The van der Waals surface area contributed by atoms with Gasteiger partial charge in [0, 0.05) is 19.5 Å². The zero-order valence-electron chi connectivity index (χ0n) is 12.3. The van der Waals surface area contributed by atoms with Gasteiger partial charge in [0.15, 0.2) is 5.75 Å². The highest BCUT2D eigenvalue weighted by Gasteiger charge is 2.20. The molecule has 0 saturated heterocycles. The number of nitrogens with zero attached hydrogens (tertiary/aromatic N) is 1. The summed E-state index contributed by atoms with van der Waals surface area (Å²) in [6, 6.07) is 4.84. The Labute approximate surface area is 123 Å². The van der Waals surface area contributed by atoms with Gasteiger partial charge in [0.2, 0.25) is 5.91 Å². The van der Waals surface area contributed by atoms with Gasteiger partial charge in [-0.25, -0.2) is 0 Å². The molecule has 0 aliphatic rings. The second-order valence-corrected chi connectivity index (χ2v) is 4.37. The van der Waals surface area contributed by atoms with E-state index < -0.39 is 4.92 Å². The number of ether oxygens (including phenoxy) is 1. The van der Waals surface area contributed by atoms with Crippen molar-refractivity contribution < 1.29 is 14.5 Å². The Morgan fingerprint density at radius 1 is 1.33 bits per heavy atom. The summed E-state index contributed by atoms with van der Waals surface area (Å²) >= 11 is 0. The molecular weight excluding hydrogens is 274 g/mol. The molecule has 7 heteroatoms. The van der Waals surface area contributed by atoms with Crippen LogP contribution < -0.4 is 15.4 Å². The Balaban J connectivity index is 2.68. The van der Waals surface area contributed by atoms with Crippen molar-refractivity contribution in [3.05, 3.63) is 28.3 Å². The molecule has 116 valence electrons. The van der Waals surface area contributed by atoms with E-state index in [4.69, 9.17) is 4.74 Å². The lowest BCUT2D eigenvalue weighted by atomic mass is 10.2. The number of hydrogen-bond donors (Lipinski definition) is 2. The maximum Gasteiger partial charge on any atom is 0.333 e. The molecule has 0 radical (unpaired) electrons. The molecule has 0 aromatic heterocycles. The predicted octanol–water partition coefficient (Wildman–Crippen LogP) is 2.32. The van der Waals surface area contributed by atoms with Crippen LogP contribution in [0.2, 0.25) is 0 Å². The lowest BCUT2D eigenvalue weighted by molar-refractivity contribution is -0.384. The van der Waals surface area contributed by atoms with E-state index in [0.717, 1.165) is 6.42 Å². The van der Waals surface area contributed by atoms with Crippen LogP contribution in [0.1, 0.15) is 26.7 Å². The van der Waals surface area contributed by atoms with Gasteiger partial charge in [-0.1, -0.05) is 13.0 Å². The highest BCUT2D eigenvalue weighted by atomic mass is 16.6. The molecule has 0 unspecified atom stereocenters. The Morgan fingerprint density at radius 3 is 2.71 bits per heavy atom. The molecule has 21 heavy (non-hydrogen) atoms. The molecule has 1 aromatic carbocycles. The van der Waals surface area contributed by atoms with E-state index in [1.807, 2.05) is 6.92 Å². The number of hydrogen-bond acceptors (Lipinski definition) is 5. The van der Waals surface area contributed by atoms with Gasteiger partial charge < -0.3 is 15.4 Å². The third-order valence-electron chi connectivity index (χ3n) is 2.72. The standard InChI is InChI=1S/C14H21N3O4/c1-3-9-16-13(18)8-10-15-11-6-5-7-12(21-4-2)14(11)17(19)20/h5-7,15H,3-4,8-10H2,1-2H3,(H,16,18). The summed E-state index contributed by atoms with van der Waals surface area (Å²) in [7, 11) is 0. The molecular formula is C14H21N3O4. The number of nitrogens with one attached hydrogen (secondary N) is 2. The third-order valence-corrected chi connectivity index (χ3v) is 2.72. The summed E-state index contributed by atoms with van der Waals surface area (Å²) in [6.07, 6.45) is 1.14. The molecule has 0 bridgehead atoms. The van der Waals surface area contributed by atoms with Crippen molar-refractivity contribution in [2.24, 2.45) is 0 Å². The number of nitro benzene ring substituents is 1. The number of carbonyl (C=O) groups is 1. The van der Waals surface area contributed by atoms with E-state index in [0.29, 0.717) is 25.4 Å². The first-order chi connectivity index (χ1) is 10.1. The van der Waals surface area contributed by atoms with Crippen molar-refractivity contribution in [2.75, 3.05) is 25.0 Å². The topological polar surface area (TPSA) is 93.5 Å². The number of para-hydroxylation sites is 1. The van der Waals surface area contributed by atoms with Crippen molar-refractivity contribution in [3.8, 4) is 5.75 Å². The van der Waals surface area contributed by atoms with Crippen LogP contribution in [0.25, 0.3) is 0 Å². The molecule has 0 aliphatic carbocycles. The second kappa shape index (κ2) is 8.78. The molecule has 0 atom stereocenters. The molecule has 0 saturated carbocycles. The van der Waals surface area contributed by atoms with E-state index in [-0.39, 0.29) is 23.8 Å². The van der Waals surface area contributed by atoms with E-state index in [1.165, 1.54) is 0 Å². The van der Waals surface area contributed by atoms with Crippen LogP contribution in [0, 0.1) is 10.1 Å². The van der Waals surface area contributed by atoms with Gasteiger partial charge in [0.25, 0.3) is 0 Å². The molecule has 0 heterocycles. The number of amides is 1. The van der Waals surface area contributed by atoms with Gasteiger partial charge >= 0.3 is 5.69 Å². The Kier molecular flexibility index (Phi) is 7.00. The third kappa shape index (κ3) is 5.29. The minimum atomic E-state index is -0.482. The maximum atomic E-state index is 11.5. The van der Waals surface area contributed by atoms with Crippen molar-refractivity contribution in [1.29, 1.82) is 0 Å². The molecule has 1 aromatic rings. The van der Waals surface area contributed by atoms with Crippen molar-refractivity contribution in [2.45, 2.75) is 26.7 Å². The molecule has 1 amide bonds. The summed E-state index contributed by atoms with van der Waals surface area (Å²) in [5.41, 5.74) is 0.252. The Hall–Kier alpha value is -2.31. The van der Waals surface area contributed by atoms with Crippen molar-refractivity contribution in [1.82, 2.24) is 5.32 Å². The highest BCUT2D eigenvalue weighted by molar-refractivity contribution is 5.77. The normalized spacial score (nSPS) is 10.0. The zero-order valence-corrected chi connectivity index (χ0v) is 12.3. The average Bonchev–Trinajstić information content (AvgIpc) is 2.45. The van der Waals surface area contributed by atoms with Crippen LogP contribution in [-0.4, -0.2) is 30.5 Å². The highest BCUT2D eigenvalue weighted by Crippen LogP contribution is 2.34. The van der Waals surface area contributed by atoms with Crippen LogP contribution in [0.4, 0.5) is 11.4 Å². The first-order valence-corrected chi connectivity index (χ1v) is 7.00. The van der Waals surface area contributed by atoms with Crippen molar-refractivity contribution in [3.63, 3.8) is 0 Å². The summed E-state index contributed by atoms with van der Waals surface area (Å²) in [5, 5.41) is 16.8. The number of nitro groups is 1. The Morgan fingerprint density at radius 2 is 2.10 bits per heavy atom. The van der Waals surface area contributed by atoms with Gasteiger partial charge in [-0.05, 0) is 25.5 Å². The fourth-order valence-corrected chi connectivity index (χ4v) is 1.79. The summed E-state index contributed by atoms with van der Waals surface area (Å²) in [6.45, 7) is 5.05. The van der Waals surface area contributed by atoms with Gasteiger partial charge in [0.1, 0.15) is 5.69 Å². The van der Waals surface area contributed by atoms with E-state index in [9.17, 15) is 14.9 Å². The lowest BCUT2D eigenvalue weighted by Gasteiger charge is -2.10. The van der Waals surface area contributed by atoms with Crippen LogP contribution in [0.15, 0.2) is 18.2 Å². The van der Waals surface area contributed by atoms with E-state index >= 15 is 0 Å². The number of benzene rings is 1. The monoisotopic (exact) mass is 295 g/mol. The van der Waals surface area contributed by atoms with Crippen LogP contribution in [0.5, 0.6) is 5.75 Å². The number of anilines is 1. The molecule has 7 nitrogen and oxygen atoms in total. The SMILES string of the molecule is CCCNC(=O)CCNc1cccc(OCC)c1[N+](=O)[O-]. The molecule has 0 fully saturated rings. The molecule has 0 aliphatic heterocycles. The van der Waals surface area contributed by atoms with Gasteiger partial charge in [-0.2, -0.15) is 0 Å². The molecule has 1 rings (SSSR count). The van der Waals surface area contributed by atoms with E-state index in [2.05, 4.69) is 10.6 Å². The molecule has 2 N–H and O–H groups in total. The average molecular weight is 295 g/mol. The zero-order chi connectivity index (χ0) is 15.7. The van der Waals surface area contributed by atoms with Gasteiger partial charge in [0.05, 0.1) is 11.5 Å². The first-order valence-electron chi connectivity index (χ1n) is 7.00. The van der Waals surface area contributed by atoms with Gasteiger partial charge in [-0.3, -0.25) is 14.9 Å². The summed E-state index contributed by atoms with van der Waals surface area (Å²) in [5.74, 6) is 0.149. The predicted molar refractivity (Wildman–Crippen MR) is 80.7 cm³/mol. The van der Waals surface area contributed by atoms with E-state index in [1.54, 1.807) is 25.1 Å². The molecule has 0 spiro atoms. The lowest BCUT2D eigenvalue weighted by Crippen LogP contribution is -2.25. The van der Waals surface area contributed by atoms with Crippen molar-refractivity contribution >= 4 is 17.3 Å². The summed E-state index contributed by atoms with van der Waals surface area (Å²) < 4.78 is 5.26.